The predicted molar refractivity (Wildman–Crippen MR) is 67.5 cm³/mol. The van der Waals surface area contributed by atoms with E-state index in [0.29, 0.717) is 19.4 Å². The van der Waals surface area contributed by atoms with Gasteiger partial charge in [0.2, 0.25) is 5.91 Å². The molecular formula is C12H23N3O2. The average molecular weight is 241 g/mol. The summed E-state index contributed by atoms with van der Waals surface area (Å²) in [6, 6.07) is -0.481. The quantitative estimate of drug-likeness (QED) is 0.631. The lowest BCUT2D eigenvalue weighted by molar-refractivity contribution is -0.133. The first-order chi connectivity index (χ1) is 7.95. The minimum absolute atomic E-state index is 0.0587. The zero-order chi connectivity index (χ0) is 13.0. The van der Waals surface area contributed by atoms with Crippen LogP contribution in [0, 0.1) is 0 Å². The second kappa shape index (κ2) is 6.14. The highest BCUT2D eigenvalue weighted by molar-refractivity contribution is 5.82. The predicted octanol–water partition coefficient (Wildman–Crippen LogP) is -0.587. The summed E-state index contributed by atoms with van der Waals surface area (Å²) in [6.45, 7) is 4.73. The number of β-amino-alcohol motifs (C(OH)–C–C–N with tert-alkyl or cyclic N) is 1. The number of hydrogen-bond donors (Lipinski definition) is 2. The van der Waals surface area contributed by atoms with E-state index in [-0.39, 0.29) is 11.9 Å². The molecule has 0 aromatic heterocycles. The van der Waals surface area contributed by atoms with Crippen LogP contribution in [0.1, 0.15) is 12.8 Å². The number of carbonyl (C=O) groups excluding carboxylic acids is 1. The third kappa shape index (κ3) is 3.80. The van der Waals surface area contributed by atoms with E-state index in [4.69, 9.17) is 5.73 Å². The zero-order valence-corrected chi connectivity index (χ0v) is 10.7. The van der Waals surface area contributed by atoms with Crippen LogP contribution in [-0.4, -0.2) is 66.2 Å². The number of rotatable bonds is 5. The van der Waals surface area contributed by atoms with Gasteiger partial charge in [-0.05, 0) is 26.9 Å². The Labute approximate surface area is 103 Å². The van der Waals surface area contributed by atoms with Gasteiger partial charge in [-0.15, -0.1) is 6.58 Å². The van der Waals surface area contributed by atoms with E-state index in [2.05, 4.69) is 6.58 Å². The van der Waals surface area contributed by atoms with Gasteiger partial charge in [0, 0.05) is 19.1 Å². The highest BCUT2D eigenvalue weighted by Gasteiger charge is 2.35. The summed E-state index contributed by atoms with van der Waals surface area (Å²) in [7, 11) is 3.91. The van der Waals surface area contributed by atoms with Gasteiger partial charge in [-0.3, -0.25) is 4.79 Å². The van der Waals surface area contributed by atoms with Crippen LogP contribution in [0.4, 0.5) is 0 Å². The van der Waals surface area contributed by atoms with E-state index in [1.54, 1.807) is 11.0 Å². The zero-order valence-electron chi connectivity index (χ0n) is 10.7. The topological polar surface area (TPSA) is 69.8 Å². The lowest BCUT2D eigenvalue weighted by Crippen LogP contribution is -2.48. The van der Waals surface area contributed by atoms with Gasteiger partial charge < -0.3 is 20.6 Å². The van der Waals surface area contributed by atoms with Crippen LogP contribution in [0.25, 0.3) is 0 Å². The molecule has 1 aliphatic rings. The van der Waals surface area contributed by atoms with Crippen molar-refractivity contribution in [2.45, 2.75) is 31.0 Å². The maximum Gasteiger partial charge on any atom is 0.240 e. The van der Waals surface area contributed by atoms with Crippen LogP contribution in [0.15, 0.2) is 12.7 Å². The Bertz CT molecular complexity index is 281. The van der Waals surface area contributed by atoms with Crippen molar-refractivity contribution in [3.63, 3.8) is 0 Å². The number of carbonyl (C=O) groups is 1. The molecule has 1 heterocycles. The summed E-state index contributed by atoms with van der Waals surface area (Å²) in [5.74, 6) is -0.0895. The molecule has 1 saturated heterocycles. The first kappa shape index (κ1) is 14.2. The molecule has 1 aliphatic heterocycles. The average Bonchev–Trinajstić information content (AvgIpc) is 2.57. The van der Waals surface area contributed by atoms with Gasteiger partial charge in [-0.25, -0.2) is 0 Å². The molecule has 5 heteroatoms. The van der Waals surface area contributed by atoms with Crippen molar-refractivity contribution >= 4 is 5.91 Å². The second-order valence-corrected chi connectivity index (χ2v) is 4.93. The summed E-state index contributed by atoms with van der Waals surface area (Å²) in [5.41, 5.74) is 5.79. The first-order valence-electron chi connectivity index (χ1n) is 5.95. The van der Waals surface area contributed by atoms with E-state index in [9.17, 15) is 9.90 Å². The van der Waals surface area contributed by atoms with Crippen LogP contribution in [0.2, 0.25) is 0 Å². The molecule has 1 rings (SSSR count). The summed E-state index contributed by atoms with van der Waals surface area (Å²) in [4.78, 5) is 15.8. The van der Waals surface area contributed by atoms with Gasteiger partial charge in [0.1, 0.15) is 0 Å². The molecule has 0 bridgehead atoms. The van der Waals surface area contributed by atoms with Gasteiger partial charge in [0.05, 0.1) is 12.1 Å². The monoisotopic (exact) mass is 241 g/mol. The molecular weight excluding hydrogens is 218 g/mol. The highest BCUT2D eigenvalue weighted by atomic mass is 16.3. The van der Waals surface area contributed by atoms with Crippen molar-refractivity contribution in [3.05, 3.63) is 12.7 Å². The fourth-order valence-electron chi connectivity index (χ4n) is 2.25. The van der Waals surface area contributed by atoms with Crippen LogP contribution in [0.3, 0.4) is 0 Å². The van der Waals surface area contributed by atoms with Gasteiger partial charge >= 0.3 is 0 Å². The van der Waals surface area contributed by atoms with Crippen LogP contribution in [-0.2, 0) is 4.79 Å². The Morgan fingerprint density at radius 2 is 2.35 bits per heavy atom. The summed E-state index contributed by atoms with van der Waals surface area (Å²) in [5, 5.41) is 9.67. The molecule has 0 aromatic rings. The Balaban J connectivity index is 2.65. The number of hydrogen-bond acceptors (Lipinski definition) is 4. The first-order valence-corrected chi connectivity index (χ1v) is 5.95. The van der Waals surface area contributed by atoms with E-state index >= 15 is 0 Å². The molecule has 5 nitrogen and oxygen atoms in total. The molecule has 17 heavy (non-hydrogen) atoms. The fourth-order valence-corrected chi connectivity index (χ4v) is 2.25. The third-order valence-corrected chi connectivity index (χ3v) is 2.99. The Hall–Kier alpha value is -0.910. The van der Waals surface area contributed by atoms with E-state index < -0.39 is 12.1 Å². The third-order valence-electron chi connectivity index (χ3n) is 2.99. The number of aliphatic hydroxyl groups excluding tert-OH is 1. The number of nitrogens with two attached hydrogens (primary N) is 1. The molecule has 1 amide bonds. The molecule has 0 radical (unpaired) electrons. The van der Waals surface area contributed by atoms with E-state index in [0.717, 1.165) is 6.54 Å². The summed E-state index contributed by atoms with van der Waals surface area (Å²) in [6.07, 6.45) is 2.32. The van der Waals surface area contributed by atoms with Crippen molar-refractivity contribution in [2.24, 2.45) is 5.73 Å². The van der Waals surface area contributed by atoms with E-state index in [1.807, 2.05) is 19.0 Å². The maximum absolute atomic E-state index is 12.1. The molecule has 1 fully saturated rings. The lowest BCUT2D eigenvalue weighted by atomic mass is 10.1. The summed E-state index contributed by atoms with van der Waals surface area (Å²) < 4.78 is 0. The SMILES string of the molecule is C=CCC(N)C(=O)N1CC(O)CC1CN(C)C. The Morgan fingerprint density at radius 3 is 2.88 bits per heavy atom. The van der Waals surface area contributed by atoms with Crippen molar-refractivity contribution in [1.29, 1.82) is 0 Å². The van der Waals surface area contributed by atoms with Gasteiger partial charge in [-0.1, -0.05) is 6.08 Å². The molecule has 0 aliphatic carbocycles. The molecule has 0 spiro atoms. The van der Waals surface area contributed by atoms with Crippen molar-refractivity contribution in [3.8, 4) is 0 Å². The normalized spacial score (nSPS) is 26.3. The van der Waals surface area contributed by atoms with Crippen LogP contribution >= 0.6 is 0 Å². The number of likely N-dealkylation sites (tertiary alicyclic amines) is 1. The van der Waals surface area contributed by atoms with Gasteiger partial charge in [0.25, 0.3) is 0 Å². The fraction of sp³-hybridized carbons (Fsp3) is 0.750. The van der Waals surface area contributed by atoms with Gasteiger partial charge in [-0.2, -0.15) is 0 Å². The number of amides is 1. The largest absolute Gasteiger partial charge is 0.391 e. The number of nitrogens with zero attached hydrogens (tertiary/aromatic N) is 2. The van der Waals surface area contributed by atoms with Crippen LogP contribution < -0.4 is 5.73 Å². The lowest BCUT2D eigenvalue weighted by Gasteiger charge is -2.28. The van der Waals surface area contributed by atoms with E-state index in [1.165, 1.54) is 0 Å². The van der Waals surface area contributed by atoms with Crippen molar-refractivity contribution in [1.82, 2.24) is 9.80 Å². The minimum Gasteiger partial charge on any atom is -0.391 e. The minimum atomic E-state index is -0.539. The molecule has 3 unspecified atom stereocenters. The Kier molecular flexibility index (Phi) is 5.11. The molecule has 3 N–H and O–H groups in total. The van der Waals surface area contributed by atoms with Crippen molar-refractivity contribution < 1.29 is 9.90 Å². The summed E-state index contributed by atoms with van der Waals surface area (Å²) >= 11 is 0. The molecule has 3 atom stereocenters. The van der Waals surface area contributed by atoms with Crippen molar-refractivity contribution in [2.75, 3.05) is 27.2 Å². The highest BCUT2D eigenvalue weighted by Crippen LogP contribution is 2.19. The second-order valence-electron chi connectivity index (χ2n) is 4.93. The maximum atomic E-state index is 12.1. The number of aliphatic hydroxyl groups is 1. The molecule has 0 aromatic carbocycles. The Morgan fingerprint density at radius 1 is 1.71 bits per heavy atom. The number of likely N-dealkylation sites (N-methyl/N-ethyl adjacent to an activating group) is 1. The molecule has 0 saturated carbocycles. The van der Waals surface area contributed by atoms with Crippen LogP contribution in [0.5, 0.6) is 0 Å². The van der Waals surface area contributed by atoms with Gasteiger partial charge in [0.15, 0.2) is 0 Å². The standard InChI is InChI=1S/C12H23N3O2/c1-4-5-11(13)12(17)15-8-10(16)6-9(15)7-14(2)3/h4,9-11,16H,1,5-8,13H2,2-3H3. The molecule has 98 valence electrons. The smallest absolute Gasteiger partial charge is 0.240 e.